The van der Waals surface area contributed by atoms with E-state index < -0.39 is 15.5 Å². The summed E-state index contributed by atoms with van der Waals surface area (Å²) >= 11 is 2.05. The van der Waals surface area contributed by atoms with E-state index in [0.717, 1.165) is 12.8 Å². The topological polar surface area (TPSA) is 57.5 Å². The summed E-state index contributed by atoms with van der Waals surface area (Å²) in [5.41, 5.74) is 0. The number of rotatable bonds is 5. The number of carbonyl (C=O) groups is 1. The van der Waals surface area contributed by atoms with Gasteiger partial charge in [0.2, 0.25) is 0 Å². The van der Waals surface area contributed by atoms with Crippen LogP contribution in [0.5, 0.6) is 0 Å². The fourth-order valence-electron chi connectivity index (χ4n) is 1.14. The Kier molecular flexibility index (Phi) is 5.08. The van der Waals surface area contributed by atoms with Gasteiger partial charge in [0.25, 0.3) is 0 Å². The van der Waals surface area contributed by atoms with Crippen molar-refractivity contribution in [1.29, 1.82) is 0 Å². The second kappa shape index (κ2) is 5.01. The molecule has 0 radical (unpaired) electrons. The molecule has 0 aliphatic carbocycles. The molecule has 0 aromatic carbocycles. The first-order valence-corrected chi connectivity index (χ1v) is 5.15. The molecule has 12 heavy (non-hydrogen) atoms. The van der Waals surface area contributed by atoms with Crippen LogP contribution in [0.2, 0.25) is 0 Å². The lowest BCUT2D eigenvalue weighted by Gasteiger charge is -2.28. The monoisotopic (exact) mass is 286 g/mol. The first-order chi connectivity index (χ1) is 5.48. The first-order valence-electron chi connectivity index (χ1n) is 4.07. The van der Waals surface area contributed by atoms with Crippen molar-refractivity contribution in [2.45, 2.75) is 42.6 Å². The predicted octanol–water partition coefficient (Wildman–Crippen LogP) is 1.82. The van der Waals surface area contributed by atoms with Crippen LogP contribution in [0.4, 0.5) is 0 Å². The average molecular weight is 286 g/mol. The Morgan fingerprint density at radius 3 is 2.33 bits per heavy atom. The van der Waals surface area contributed by atoms with Gasteiger partial charge in [0, 0.05) is 0 Å². The van der Waals surface area contributed by atoms with E-state index >= 15 is 0 Å². The summed E-state index contributed by atoms with van der Waals surface area (Å²) < 4.78 is -0.502. The minimum Gasteiger partial charge on any atom is -0.479 e. The van der Waals surface area contributed by atoms with Gasteiger partial charge in [-0.25, -0.2) is 4.79 Å². The molecule has 0 aromatic heterocycles. The summed E-state index contributed by atoms with van der Waals surface area (Å²) in [4.78, 5) is 10.5. The van der Waals surface area contributed by atoms with E-state index in [9.17, 15) is 9.90 Å². The molecule has 0 fully saturated rings. The van der Waals surface area contributed by atoms with Crippen LogP contribution in [0.1, 0.15) is 33.1 Å². The largest absolute Gasteiger partial charge is 0.479 e. The van der Waals surface area contributed by atoms with Crippen LogP contribution in [0.25, 0.3) is 0 Å². The van der Waals surface area contributed by atoms with Crippen molar-refractivity contribution in [3.63, 3.8) is 0 Å². The van der Waals surface area contributed by atoms with Gasteiger partial charge in [0.1, 0.15) is 0 Å². The number of aliphatic hydroxyl groups excluding tert-OH is 1. The Hall–Kier alpha value is 0.160. The van der Waals surface area contributed by atoms with E-state index in [0.29, 0.717) is 6.42 Å². The number of hydrogen-bond acceptors (Lipinski definition) is 2. The van der Waals surface area contributed by atoms with Crippen molar-refractivity contribution < 1.29 is 15.0 Å². The molecule has 3 nitrogen and oxygen atoms in total. The van der Waals surface area contributed by atoms with Crippen molar-refractivity contribution in [1.82, 2.24) is 0 Å². The highest BCUT2D eigenvalue weighted by Gasteiger charge is 2.37. The molecule has 0 amide bonds. The molecule has 0 rings (SSSR count). The van der Waals surface area contributed by atoms with Gasteiger partial charge in [-0.2, -0.15) is 0 Å². The van der Waals surface area contributed by atoms with E-state index in [1.165, 1.54) is 0 Å². The minimum absolute atomic E-state index is 0.502. The van der Waals surface area contributed by atoms with Gasteiger partial charge in [0.05, 0.1) is 3.42 Å². The second-order valence-electron chi connectivity index (χ2n) is 2.88. The normalized spacial score (nSPS) is 18.3. The van der Waals surface area contributed by atoms with Gasteiger partial charge in [0.15, 0.2) is 6.10 Å². The smallest absolute Gasteiger partial charge is 0.333 e. The first kappa shape index (κ1) is 12.2. The van der Waals surface area contributed by atoms with Gasteiger partial charge in [-0.1, -0.05) is 42.9 Å². The van der Waals surface area contributed by atoms with E-state index in [-0.39, 0.29) is 0 Å². The Morgan fingerprint density at radius 2 is 2.08 bits per heavy atom. The Bertz CT molecular complexity index is 160. The predicted molar refractivity (Wildman–Crippen MR) is 55.6 cm³/mol. The summed E-state index contributed by atoms with van der Waals surface area (Å²) in [6.45, 7) is 3.88. The van der Waals surface area contributed by atoms with Gasteiger partial charge >= 0.3 is 5.97 Å². The summed E-state index contributed by atoms with van der Waals surface area (Å²) in [6.07, 6.45) is 1.05. The maximum absolute atomic E-state index is 10.5. The third-order valence-corrected chi connectivity index (χ3v) is 3.87. The zero-order valence-corrected chi connectivity index (χ0v) is 9.54. The molecule has 0 aliphatic heterocycles. The van der Waals surface area contributed by atoms with Crippen LogP contribution in [0, 0.1) is 0 Å². The van der Waals surface area contributed by atoms with Crippen molar-refractivity contribution in [2.75, 3.05) is 0 Å². The van der Waals surface area contributed by atoms with Crippen LogP contribution in [0.3, 0.4) is 0 Å². The molecule has 0 saturated carbocycles. The van der Waals surface area contributed by atoms with Crippen LogP contribution in [-0.2, 0) is 4.79 Å². The highest BCUT2D eigenvalue weighted by molar-refractivity contribution is 14.1. The lowest BCUT2D eigenvalue weighted by Crippen LogP contribution is -2.41. The minimum atomic E-state index is -1.25. The van der Waals surface area contributed by atoms with E-state index in [2.05, 4.69) is 0 Å². The molecule has 0 aromatic rings. The maximum Gasteiger partial charge on any atom is 0.333 e. The van der Waals surface area contributed by atoms with E-state index in [4.69, 9.17) is 5.11 Å². The molecule has 0 aliphatic rings. The zero-order valence-electron chi connectivity index (χ0n) is 7.38. The molecular formula is C8H15IO3. The molecule has 2 atom stereocenters. The number of aliphatic carboxylic acids is 1. The van der Waals surface area contributed by atoms with Crippen molar-refractivity contribution in [3.05, 3.63) is 0 Å². The quantitative estimate of drug-likeness (QED) is 0.598. The lowest BCUT2D eigenvalue weighted by molar-refractivity contribution is -0.148. The number of aliphatic hydroxyl groups is 1. The van der Waals surface area contributed by atoms with Crippen molar-refractivity contribution in [3.8, 4) is 0 Å². The number of hydrogen-bond donors (Lipinski definition) is 2. The summed E-state index contributed by atoms with van der Waals surface area (Å²) in [6, 6.07) is 0. The fraction of sp³-hybridized carbons (Fsp3) is 0.875. The standard InChI is InChI=1S/C8H15IO3/c1-3-5-8(9,4-2)6(10)7(11)12/h6,10H,3-5H2,1-2H3,(H,11,12)/t6-,8-/m0/s1. The molecule has 0 unspecified atom stereocenters. The van der Waals surface area contributed by atoms with Gasteiger partial charge < -0.3 is 10.2 Å². The Morgan fingerprint density at radius 1 is 1.58 bits per heavy atom. The third kappa shape index (κ3) is 2.90. The van der Waals surface area contributed by atoms with Crippen LogP contribution < -0.4 is 0 Å². The molecule has 0 heterocycles. The van der Waals surface area contributed by atoms with E-state index in [1.807, 2.05) is 36.4 Å². The van der Waals surface area contributed by atoms with Crippen molar-refractivity contribution in [2.24, 2.45) is 0 Å². The second-order valence-corrected chi connectivity index (χ2v) is 5.03. The number of halogens is 1. The SMILES string of the molecule is CCC[C@@](I)(CC)[C@@H](O)C(=O)O. The summed E-state index contributed by atoms with van der Waals surface area (Å²) in [5.74, 6) is -1.13. The zero-order chi connectivity index (χ0) is 9.78. The van der Waals surface area contributed by atoms with Gasteiger partial charge in [-0.05, 0) is 12.8 Å². The highest BCUT2D eigenvalue weighted by atomic mass is 127. The lowest BCUT2D eigenvalue weighted by atomic mass is 9.94. The van der Waals surface area contributed by atoms with Crippen LogP contribution in [0.15, 0.2) is 0 Å². The molecular weight excluding hydrogens is 271 g/mol. The fourth-order valence-corrected chi connectivity index (χ4v) is 1.95. The molecule has 2 N–H and O–H groups in total. The Labute approximate surface area is 86.3 Å². The van der Waals surface area contributed by atoms with Gasteiger partial charge in [-0.3, -0.25) is 0 Å². The molecule has 0 bridgehead atoms. The third-order valence-electron chi connectivity index (χ3n) is 1.98. The van der Waals surface area contributed by atoms with Crippen molar-refractivity contribution >= 4 is 28.6 Å². The Balaban J connectivity index is 4.38. The summed E-state index contributed by atoms with van der Waals surface area (Å²) in [7, 11) is 0. The number of carboxylic acid groups (broad SMARTS) is 1. The summed E-state index contributed by atoms with van der Waals surface area (Å²) in [5, 5.41) is 18.0. The molecule has 0 spiro atoms. The molecule has 0 saturated heterocycles. The van der Waals surface area contributed by atoms with E-state index in [1.54, 1.807) is 0 Å². The number of alkyl halides is 1. The molecule has 72 valence electrons. The number of carboxylic acids is 1. The van der Waals surface area contributed by atoms with Gasteiger partial charge in [-0.15, -0.1) is 0 Å². The average Bonchev–Trinajstić information content (AvgIpc) is 2.03. The van der Waals surface area contributed by atoms with Crippen LogP contribution >= 0.6 is 22.6 Å². The van der Waals surface area contributed by atoms with Crippen LogP contribution in [-0.4, -0.2) is 25.7 Å². The molecule has 4 heteroatoms. The maximum atomic E-state index is 10.5. The highest BCUT2D eigenvalue weighted by Crippen LogP contribution is 2.32.